The van der Waals surface area contributed by atoms with Crippen LogP contribution in [-0.2, 0) is 20.7 Å². The average molecular weight is 360 g/mol. The van der Waals surface area contributed by atoms with Gasteiger partial charge in [0.05, 0.1) is 26.2 Å². The number of amides is 2. The third-order valence-corrected chi connectivity index (χ3v) is 5.11. The molecule has 2 fully saturated rings. The zero-order valence-electron chi connectivity index (χ0n) is 15.5. The fourth-order valence-electron chi connectivity index (χ4n) is 3.57. The van der Waals surface area contributed by atoms with Crippen molar-refractivity contribution in [1.29, 1.82) is 0 Å². The molecule has 2 aliphatic heterocycles. The van der Waals surface area contributed by atoms with Crippen LogP contribution in [-0.4, -0.2) is 67.6 Å². The number of nitrogens with zero attached hydrogens (tertiary/aromatic N) is 2. The van der Waals surface area contributed by atoms with Gasteiger partial charge >= 0.3 is 0 Å². The first kappa shape index (κ1) is 18.7. The van der Waals surface area contributed by atoms with Gasteiger partial charge in [0.25, 0.3) is 0 Å². The van der Waals surface area contributed by atoms with Gasteiger partial charge in [0.15, 0.2) is 0 Å². The van der Waals surface area contributed by atoms with Crippen LogP contribution < -0.4 is 4.74 Å². The van der Waals surface area contributed by atoms with E-state index in [1.54, 1.807) is 0 Å². The van der Waals surface area contributed by atoms with Gasteiger partial charge in [-0.15, -0.1) is 0 Å². The summed E-state index contributed by atoms with van der Waals surface area (Å²) in [6, 6.07) is 7.69. The Hall–Kier alpha value is -2.08. The summed E-state index contributed by atoms with van der Waals surface area (Å²) in [5, 5.41) is 0. The Bertz CT molecular complexity index is 603. The van der Waals surface area contributed by atoms with Crippen molar-refractivity contribution in [3.8, 4) is 5.75 Å². The quantitative estimate of drug-likeness (QED) is 0.802. The van der Waals surface area contributed by atoms with Crippen LogP contribution in [0.4, 0.5) is 0 Å². The molecule has 0 N–H and O–H groups in total. The minimum absolute atomic E-state index is 0.0441. The van der Waals surface area contributed by atoms with Crippen molar-refractivity contribution in [2.75, 3.05) is 46.0 Å². The number of benzene rings is 1. The predicted octanol–water partition coefficient (Wildman–Crippen LogP) is 1.73. The number of likely N-dealkylation sites (tertiary alicyclic amines) is 1. The van der Waals surface area contributed by atoms with Crippen molar-refractivity contribution in [2.24, 2.45) is 5.92 Å². The Balaban J connectivity index is 1.46. The molecule has 0 saturated carbocycles. The highest BCUT2D eigenvalue weighted by Crippen LogP contribution is 2.21. The number of piperidine rings is 1. The number of morpholine rings is 1. The highest BCUT2D eigenvalue weighted by Gasteiger charge is 2.30. The van der Waals surface area contributed by atoms with E-state index < -0.39 is 0 Å². The molecule has 26 heavy (non-hydrogen) atoms. The molecule has 1 aromatic carbocycles. The second kappa shape index (κ2) is 9.03. The minimum atomic E-state index is 0.0441. The Kier molecular flexibility index (Phi) is 6.50. The lowest BCUT2D eigenvalue weighted by molar-refractivity contribution is -0.143. The highest BCUT2D eigenvalue weighted by molar-refractivity contribution is 5.81. The monoisotopic (exact) mass is 360 g/mol. The molecule has 0 unspecified atom stereocenters. The van der Waals surface area contributed by atoms with E-state index in [2.05, 4.69) is 0 Å². The molecular formula is C20H28N2O4. The van der Waals surface area contributed by atoms with E-state index in [1.807, 2.05) is 41.0 Å². The zero-order chi connectivity index (χ0) is 18.4. The number of carbonyl (C=O) groups excluding carboxylic acids is 2. The van der Waals surface area contributed by atoms with Crippen LogP contribution in [0.1, 0.15) is 25.3 Å². The van der Waals surface area contributed by atoms with Gasteiger partial charge in [-0.2, -0.15) is 0 Å². The molecule has 0 spiro atoms. The largest absolute Gasteiger partial charge is 0.494 e. The summed E-state index contributed by atoms with van der Waals surface area (Å²) in [6.07, 6.45) is 1.91. The van der Waals surface area contributed by atoms with Gasteiger partial charge in [-0.05, 0) is 37.5 Å². The van der Waals surface area contributed by atoms with Gasteiger partial charge in [-0.25, -0.2) is 0 Å². The molecule has 142 valence electrons. The molecule has 1 aromatic rings. The summed E-state index contributed by atoms with van der Waals surface area (Å²) in [5.74, 6) is 1.23. The molecular weight excluding hydrogens is 332 g/mol. The van der Waals surface area contributed by atoms with E-state index in [1.165, 1.54) is 0 Å². The fourth-order valence-corrected chi connectivity index (χ4v) is 3.57. The predicted molar refractivity (Wildman–Crippen MR) is 98.0 cm³/mol. The second-order valence-corrected chi connectivity index (χ2v) is 6.85. The van der Waals surface area contributed by atoms with E-state index in [-0.39, 0.29) is 17.7 Å². The summed E-state index contributed by atoms with van der Waals surface area (Å²) in [4.78, 5) is 28.9. The van der Waals surface area contributed by atoms with Crippen LogP contribution in [0.15, 0.2) is 24.3 Å². The summed E-state index contributed by atoms with van der Waals surface area (Å²) >= 11 is 0. The number of carbonyl (C=O) groups is 2. The lowest BCUT2D eigenvalue weighted by Crippen LogP contribution is -2.47. The van der Waals surface area contributed by atoms with Crippen LogP contribution in [0.2, 0.25) is 0 Å². The number of ether oxygens (including phenoxy) is 2. The highest BCUT2D eigenvalue weighted by atomic mass is 16.5. The Morgan fingerprint density at radius 3 is 2.31 bits per heavy atom. The maximum atomic E-state index is 12.6. The van der Waals surface area contributed by atoms with E-state index in [9.17, 15) is 9.59 Å². The van der Waals surface area contributed by atoms with E-state index in [0.29, 0.717) is 52.4 Å². The van der Waals surface area contributed by atoms with Crippen molar-refractivity contribution >= 4 is 11.8 Å². The Labute approximate surface area is 155 Å². The SMILES string of the molecule is CCOc1ccc(CC(=O)N2CCC(C(=O)N3CCOCC3)CC2)cc1. The minimum Gasteiger partial charge on any atom is -0.494 e. The molecule has 2 heterocycles. The topological polar surface area (TPSA) is 59.1 Å². The molecule has 3 rings (SSSR count). The molecule has 0 atom stereocenters. The summed E-state index contributed by atoms with van der Waals surface area (Å²) in [5.41, 5.74) is 0.991. The average Bonchev–Trinajstić information content (AvgIpc) is 2.70. The van der Waals surface area contributed by atoms with E-state index in [4.69, 9.17) is 9.47 Å². The van der Waals surface area contributed by atoms with Crippen LogP contribution in [0.5, 0.6) is 5.75 Å². The van der Waals surface area contributed by atoms with Crippen molar-refractivity contribution in [2.45, 2.75) is 26.2 Å². The van der Waals surface area contributed by atoms with Gasteiger partial charge in [-0.3, -0.25) is 9.59 Å². The van der Waals surface area contributed by atoms with Crippen LogP contribution in [0, 0.1) is 5.92 Å². The molecule has 0 aliphatic carbocycles. The molecule has 2 amide bonds. The van der Waals surface area contributed by atoms with Crippen molar-refractivity contribution in [3.63, 3.8) is 0 Å². The molecule has 2 saturated heterocycles. The van der Waals surface area contributed by atoms with Gasteiger partial charge < -0.3 is 19.3 Å². The molecule has 6 heteroatoms. The van der Waals surface area contributed by atoms with Gasteiger partial charge in [0, 0.05) is 32.1 Å². The molecule has 6 nitrogen and oxygen atoms in total. The lowest BCUT2D eigenvalue weighted by atomic mass is 9.94. The summed E-state index contributed by atoms with van der Waals surface area (Å²) in [6.45, 7) is 6.55. The Morgan fingerprint density at radius 2 is 1.69 bits per heavy atom. The fraction of sp³-hybridized carbons (Fsp3) is 0.600. The van der Waals surface area contributed by atoms with E-state index >= 15 is 0 Å². The van der Waals surface area contributed by atoms with Crippen LogP contribution in [0.25, 0.3) is 0 Å². The molecule has 2 aliphatic rings. The number of hydrogen-bond donors (Lipinski definition) is 0. The summed E-state index contributed by atoms with van der Waals surface area (Å²) in [7, 11) is 0. The van der Waals surface area contributed by atoms with Gasteiger partial charge in [0.2, 0.25) is 11.8 Å². The van der Waals surface area contributed by atoms with Crippen LogP contribution >= 0.6 is 0 Å². The van der Waals surface area contributed by atoms with Gasteiger partial charge in [0.1, 0.15) is 5.75 Å². The first-order chi connectivity index (χ1) is 12.7. The van der Waals surface area contributed by atoms with Crippen LogP contribution in [0.3, 0.4) is 0 Å². The standard InChI is InChI=1S/C20H28N2O4/c1-2-26-18-5-3-16(4-6-18)15-19(23)21-9-7-17(8-10-21)20(24)22-11-13-25-14-12-22/h3-6,17H,2,7-15H2,1H3. The third kappa shape index (κ3) is 4.75. The maximum Gasteiger partial charge on any atom is 0.226 e. The Morgan fingerprint density at radius 1 is 1.04 bits per heavy atom. The zero-order valence-corrected chi connectivity index (χ0v) is 15.5. The van der Waals surface area contributed by atoms with Gasteiger partial charge in [-0.1, -0.05) is 12.1 Å². The molecule has 0 radical (unpaired) electrons. The van der Waals surface area contributed by atoms with Crippen molar-refractivity contribution in [1.82, 2.24) is 9.80 Å². The van der Waals surface area contributed by atoms with Crippen molar-refractivity contribution < 1.29 is 19.1 Å². The normalized spacial score (nSPS) is 18.7. The number of rotatable bonds is 5. The third-order valence-electron chi connectivity index (χ3n) is 5.11. The van der Waals surface area contributed by atoms with E-state index in [0.717, 1.165) is 24.2 Å². The molecule has 0 bridgehead atoms. The second-order valence-electron chi connectivity index (χ2n) is 6.85. The first-order valence-electron chi connectivity index (χ1n) is 9.53. The molecule has 0 aromatic heterocycles. The lowest BCUT2D eigenvalue weighted by Gasteiger charge is -2.35. The summed E-state index contributed by atoms with van der Waals surface area (Å²) < 4.78 is 10.7. The first-order valence-corrected chi connectivity index (χ1v) is 9.53. The maximum absolute atomic E-state index is 12.6. The smallest absolute Gasteiger partial charge is 0.226 e. The number of hydrogen-bond acceptors (Lipinski definition) is 4. The van der Waals surface area contributed by atoms with Crippen molar-refractivity contribution in [3.05, 3.63) is 29.8 Å².